The zero-order valence-electron chi connectivity index (χ0n) is 18.1. The molecule has 0 aliphatic rings. The summed E-state index contributed by atoms with van der Waals surface area (Å²) >= 11 is 1.37. The van der Waals surface area contributed by atoms with Gasteiger partial charge in [0.05, 0.1) is 19.0 Å². The van der Waals surface area contributed by atoms with Crippen LogP contribution in [0.25, 0.3) is 11.4 Å². The van der Waals surface area contributed by atoms with Gasteiger partial charge in [-0.05, 0) is 38.0 Å². The molecule has 3 aromatic rings. The van der Waals surface area contributed by atoms with Gasteiger partial charge in [-0.2, -0.15) is 0 Å². The van der Waals surface area contributed by atoms with E-state index in [0.717, 1.165) is 28.5 Å². The van der Waals surface area contributed by atoms with Crippen LogP contribution in [0.1, 0.15) is 19.4 Å². The van der Waals surface area contributed by atoms with Crippen LogP contribution < -0.4 is 14.8 Å². The number of benzene rings is 2. The summed E-state index contributed by atoms with van der Waals surface area (Å²) in [5.41, 5.74) is 2.08. The van der Waals surface area contributed by atoms with Crippen LogP contribution in [0.5, 0.6) is 11.5 Å². The first-order valence-corrected chi connectivity index (χ1v) is 11.3. The van der Waals surface area contributed by atoms with Gasteiger partial charge in [-0.25, -0.2) is 0 Å². The number of thioether (sulfide) groups is 1. The van der Waals surface area contributed by atoms with Crippen LogP contribution >= 0.6 is 11.8 Å². The number of rotatable bonds is 11. The van der Waals surface area contributed by atoms with Crippen molar-refractivity contribution in [3.63, 3.8) is 0 Å². The van der Waals surface area contributed by atoms with E-state index in [1.54, 1.807) is 0 Å². The second-order valence-electron chi connectivity index (χ2n) is 6.77. The van der Waals surface area contributed by atoms with E-state index in [1.807, 2.05) is 74.0 Å². The molecule has 1 aromatic heterocycles. The molecule has 0 saturated carbocycles. The van der Waals surface area contributed by atoms with Gasteiger partial charge in [0.25, 0.3) is 0 Å². The summed E-state index contributed by atoms with van der Waals surface area (Å²) in [7, 11) is 1.91. The second-order valence-corrected chi connectivity index (χ2v) is 7.71. The quantitative estimate of drug-likeness (QED) is 0.458. The molecule has 164 valence electrons. The number of carbonyl (C=O) groups excluding carboxylic acids is 1. The molecule has 0 unspecified atom stereocenters. The molecule has 0 radical (unpaired) electrons. The molecule has 1 N–H and O–H groups in total. The summed E-state index contributed by atoms with van der Waals surface area (Å²) in [4.78, 5) is 12.3. The summed E-state index contributed by atoms with van der Waals surface area (Å²) in [6, 6.07) is 15.8. The fraction of sp³-hybridized carbons (Fsp3) is 0.348. The lowest BCUT2D eigenvalue weighted by Gasteiger charge is -2.12. The Morgan fingerprint density at radius 3 is 2.52 bits per heavy atom. The van der Waals surface area contributed by atoms with Crippen molar-refractivity contribution in [2.75, 3.05) is 25.5 Å². The van der Waals surface area contributed by atoms with Crippen molar-refractivity contribution >= 4 is 17.7 Å². The van der Waals surface area contributed by atoms with Gasteiger partial charge in [-0.15, -0.1) is 10.2 Å². The van der Waals surface area contributed by atoms with Crippen LogP contribution in [0.4, 0.5) is 0 Å². The molecule has 1 heterocycles. The highest BCUT2D eigenvalue weighted by atomic mass is 32.2. The van der Waals surface area contributed by atoms with Crippen molar-refractivity contribution in [1.82, 2.24) is 20.1 Å². The van der Waals surface area contributed by atoms with E-state index in [2.05, 4.69) is 15.5 Å². The average Bonchev–Trinajstić information content (AvgIpc) is 3.15. The van der Waals surface area contributed by atoms with Crippen LogP contribution in [-0.4, -0.2) is 46.2 Å². The van der Waals surface area contributed by atoms with E-state index in [-0.39, 0.29) is 11.7 Å². The molecule has 8 heteroatoms. The maximum atomic E-state index is 12.3. The van der Waals surface area contributed by atoms with Crippen LogP contribution in [0.2, 0.25) is 0 Å². The van der Waals surface area contributed by atoms with Gasteiger partial charge in [-0.1, -0.05) is 48.2 Å². The highest BCUT2D eigenvalue weighted by Gasteiger charge is 2.13. The van der Waals surface area contributed by atoms with Crippen molar-refractivity contribution in [2.45, 2.75) is 25.4 Å². The topological polar surface area (TPSA) is 78.3 Å². The molecular formula is C23H28N4O3S. The van der Waals surface area contributed by atoms with Gasteiger partial charge >= 0.3 is 0 Å². The third-order valence-electron chi connectivity index (χ3n) is 4.54. The van der Waals surface area contributed by atoms with E-state index in [4.69, 9.17) is 9.47 Å². The van der Waals surface area contributed by atoms with Gasteiger partial charge in [0.15, 0.2) is 22.5 Å². The fourth-order valence-corrected chi connectivity index (χ4v) is 3.80. The lowest BCUT2D eigenvalue weighted by Crippen LogP contribution is -2.27. The maximum absolute atomic E-state index is 12.3. The smallest absolute Gasteiger partial charge is 0.230 e. The van der Waals surface area contributed by atoms with E-state index in [9.17, 15) is 4.79 Å². The van der Waals surface area contributed by atoms with E-state index in [0.29, 0.717) is 31.3 Å². The van der Waals surface area contributed by atoms with E-state index < -0.39 is 0 Å². The first-order chi connectivity index (χ1) is 15.1. The van der Waals surface area contributed by atoms with Crippen molar-refractivity contribution < 1.29 is 14.3 Å². The van der Waals surface area contributed by atoms with Crippen LogP contribution in [0.3, 0.4) is 0 Å². The summed E-state index contributed by atoms with van der Waals surface area (Å²) in [5, 5.41) is 12.1. The third kappa shape index (κ3) is 6.24. The summed E-state index contributed by atoms with van der Waals surface area (Å²) in [6.07, 6.45) is 0.713. The second kappa shape index (κ2) is 11.4. The number of carbonyl (C=O) groups is 1. The lowest BCUT2D eigenvalue weighted by atomic mass is 10.1. The Hall–Kier alpha value is -3.00. The van der Waals surface area contributed by atoms with E-state index >= 15 is 0 Å². The molecule has 2 aromatic carbocycles. The van der Waals surface area contributed by atoms with Crippen LogP contribution in [0.15, 0.2) is 53.7 Å². The number of hydrogen-bond donors (Lipinski definition) is 1. The van der Waals surface area contributed by atoms with Gasteiger partial charge in [0.2, 0.25) is 5.91 Å². The van der Waals surface area contributed by atoms with Gasteiger partial charge in [-0.3, -0.25) is 4.79 Å². The number of nitrogens with one attached hydrogen (secondary N) is 1. The van der Waals surface area contributed by atoms with E-state index in [1.165, 1.54) is 11.8 Å². The minimum absolute atomic E-state index is 0.0368. The molecule has 3 rings (SSSR count). The fourth-order valence-electron chi connectivity index (χ4n) is 3.06. The SMILES string of the molecule is CCOc1ccc(CCNC(=O)CSc2nnc(-c3ccccc3)n2C)cc1OCC. The van der Waals surface area contributed by atoms with Crippen molar-refractivity contribution in [1.29, 1.82) is 0 Å². The minimum Gasteiger partial charge on any atom is -0.490 e. The highest BCUT2D eigenvalue weighted by molar-refractivity contribution is 7.99. The van der Waals surface area contributed by atoms with Gasteiger partial charge in [0.1, 0.15) is 0 Å². The van der Waals surface area contributed by atoms with Gasteiger partial charge < -0.3 is 19.4 Å². The molecular weight excluding hydrogens is 412 g/mol. The minimum atomic E-state index is -0.0368. The summed E-state index contributed by atoms with van der Waals surface area (Å²) in [5.74, 6) is 2.51. The Balaban J connectivity index is 1.48. The van der Waals surface area contributed by atoms with Crippen molar-refractivity contribution in [3.05, 3.63) is 54.1 Å². The molecule has 1 amide bonds. The molecule has 0 spiro atoms. The number of aromatic nitrogens is 3. The maximum Gasteiger partial charge on any atom is 0.230 e. The normalized spacial score (nSPS) is 10.7. The molecule has 0 bridgehead atoms. The Labute approximate surface area is 187 Å². The monoisotopic (exact) mass is 440 g/mol. The summed E-state index contributed by atoms with van der Waals surface area (Å²) < 4.78 is 13.2. The zero-order chi connectivity index (χ0) is 22.1. The number of amides is 1. The van der Waals surface area contributed by atoms with Gasteiger partial charge in [0, 0.05) is 19.2 Å². The number of hydrogen-bond acceptors (Lipinski definition) is 6. The van der Waals surface area contributed by atoms with Crippen LogP contribution in [-0.2, 0) is 18.3 Å². The molecule has 0 saturated heterocycles. The van der Waals surface area contributed by atoms with Crippen LogP contribution in [0, 0.1) is 0 Å². The predicted octanol–water partition coefficient (Wildman–Crippen LogP) is 3.73. The molecule has 0 aliphatic heterocycles. The molecule has 31 heavy (non-hydrogen) atoms. The molecule has 0 fully saturated rings. The molecule has 0 atom stereocenters. The zero-order valence-corrected chi connectivity index (χ0v) is 18.9. The molecule has 7 nitrogen and oxygen atoms in total. The number of ether oxygens (including phenoxy) is 2. The Kier molecular flexibility index (Phi) is 8.35. The lowest BCUT2D eigenvalue weighted by molar-refractivity contribution is -0.118. The third-order valence-corrected chi connectivity index (χ3v) is 5.56. The largest absolute Gasteiger partial charge is 0.490 e. The molecule has 0 aliphatic carbocycles. The Morgan fingerprint density at radius 1 is 1.03 bits per heavy atom. The van der Waals surface area contributed by atoms with Crippen molar-refractivity contribution in [2.24, 2.45) is 7.05 Å². The first-order valence-electron chi connectivity index (χ1n) is 10.3. The average molecular weight is 441 g/mol. The predicted molar refractivity (Wildman–Crippen MR) is 123 cm³/mol. The Morgan fingerprint density at radius 2 is 1.77 bits per heavy atom. The number of nitrogens with zero attached hydrogens (tertiary/aromatic N) is 3. The standard InChI is InChI=1S/C23H28N4O3S/c1-4-29-19-12-11-17(15-20(19)30-5-2)13-14-24-21(28)16-31-23-26-25-22(27(23)3)18-9-7-6-8-10-18/h6-12,15H,4-5,13-14,16H2,1-3H3,(H,24,28). The van der Waals surface area contributed by atoms with Crippen molar-refractivity contribution in [3.8, 4) is 22.9 Å². The highest BCUT2D eigenvalue weighted by Crippen LogP contribution is 2.28. The Bertz CT molecular complexity index is 992. The first kappa shape index (κ1) is 22.7. The summed E-state index contributed by atoms with van der Waals surface area (Å²) in [6.45, 7) is 5.60.